The molecule has 0 aromatic heterocycles. The number of urea groups is 1. The molecule has 0 fully saturated rings. The Labute approximate surface area is 126 Å². The number of carbonyl (C=O) groups excluding carboxylic acids is 1. The predicted octanol–water partition coefficient (Wildman–Crippen LogP) is 4.52. The number of amides is 2. The van der Waals surface area contributed by atoms with Crippen molar-refractivity contribution in [3.63, 3.8) is 0 Å². The van der Waals surface area contributed by atoms with Gasteiger partial charge in [-0.25, -0.2) is 4.79 Å². The largest absolute Gasteiger partial charge is 0.337 e. The van der Waals surface area contributed by atoms with E-state index >= 15 is 0 Å². The van der Waals surface area contributed by atoms with Crippen LogP contribution in [0.2, 0.25) is 0 Å². The molecule has 3 heteroatoms. The maximum Gasteiger partial charge on any atom is 0.319 e. The first-order valence-electron chi connectivity index (χ1n) is 7.14. The molecule has 0 bridgehead atoms. The Morgan fingerprint density at radius 2 is 1.48 bits per heavy atom. The molecule has 2 amide bonds. The number of rotatable bonds is 3. The van der Waals surface area contributed by atoms with Crippen molar-refractivity contribution in [2.24, 2.45) is 5.41 Å². The molecule has 21 heavy (non-hydrogen) atoms. The Morgan fingerprint density at radius 1 is 0.905 bits per heavy atom. The summed E-state index contributed by atoms with van der Waals surface area (Å²) in [4.78, 5) is 11.8. The topological polar surface area (TPSA) is 41.1 Å². The van der Waals surface area contributed by atoms with Gasteiger partial charge in [0.05, 0.1) is 0 Å². The minimum atomic E-state index is -0.169. The van der Waals surface area contributed by atoms with Crippen LogP contribution in [-0.4, -0.2) is 12.6 Å². The third-order valence-corrected chi connectivity index (χ3v) is 3.03. The molecule has 0 saturated carbocycles. The van der Waals surface area contributed by atoms with Crippen LogP contribution < -0.4 is 10.6 Å². The van der Waals surface area contributed by atoms with E-state index in [9.17, 15) is 4.79 Å². The number of benzene rings is 2. The lowest BCUT2D eigenvalue weighted by Crippen LogP contribution is -2.35. The molecule has 2 N–H and O–H groups in total. The lowest BCUT2D eigenvalue weighted by Gasteiger charge is -2.19. The summed E-state index contributed by atoms with van der Waals surface area (Å²) in [5, 5.41) is 5.71. The van der Waals surface area contributed by atoms with Crippen molar-refractivity contribution in [3.8, 4) is 11.1 Å². The van der Waals surface area contributed by atoms with E-state index in [1.165, 1.54) is 5.56 Å². The Hall–Kier alpha value is -2.29. The van der Waals surface area contributed by atoms with Gasteiger partial charge >= 0.3 is 6.03 Å². The summed E-state index contributed by atoms with van der Waals surface area (Å²) in [5.41, 5.74) is 3.17. The molecule has 2 aromatic carbocycles. The molecule has 2 rings (SSSR count). The van der Waals surface area contributed by atoms with Gasteiger partial charge in [0.15, 0.2) is 0 Å². The minimum Gasteiger partial charge on any atom is -0.337 e. The van der Waals surface area contributed by atoms with E-state index in [1.54, 1.807) is 0 Å². The second-order valence-corrected chi connectivity index (χ2v) is 6.31. The van der Waals surface area contributed by atoms with Gasteiger partial charge in [0.1, 0.15) is 0 Å². The standard InChI is InChI=1S/C18H22N2O/c1-18(2,3)13-19-17(21)20-16-11-9-15(10-12-16)14-7-5-4-6-8-14/h4-12H,13H2,1-3H3,(H2,19,20,21). The van der Waals surface area contributed by atoms with Gasteiger partial charge < -0.3 is 10.6 Å². The van der Waals surface area contributed by atoms with Crippen LogP contribution in [0.1, 0.15) is 20.8 Å². The highest BCUT2D eigenvalue weighted by molar-refractivity contribution is 5.89. The van der Waals surface area contributed by atoms with Crippen LogP contribution in [0.4, 0.5) is 10.5 Å². The first-order chi connectivity index (χ1) is 9.94. The van der Waals surface area contributed by atoms with Crippen molar-refractivity contribution >= 4 is 11.7 Å². The Kier molecular flexibility index (Phi) is 4.63. The van der Waals surface area contributed by atoms with Gasteiger partial charge in [0.2, 0.25) is 0 Å². The van der Waals surface area contributed by atoms with Gasteiger partial charge in [-0.05, 0) is 28.7 Å². The monoisotopic (exact) mass is 282 g/mol. The average molecular weight is 282 g/mol. The fourth-order valence-corrected chi connectivity index (χ4v) is 1.90. The van der Waals surface area contributed by atoms with Crippen molar-refractivity contribution in [2.45, 2.75) is 20.8 Å². The molecule has 0 saturated heterocycles. The summed E-state index contributed by atoms with van der Waals surface area (Å²) >= 11 is 0. The summed E-state index contributed by atoms with van der Waals surface area (Å²) in [5.74, 6) is 0. The molecule has 2 aromatic rings. The first kappa shape index (κ1) is 15.1. The SMILES string of the molecule is CC(C)(C)CNC(=O)Nc1ccc(-c2ccccc2)cc1. The van der Waals surface area contributed by atoms with Crippen LogP contribution in [-0.2, 0) is 0 Å². The van der Waals surface area contributed by atoms with Gasteiger partial charge in [-0.1, -0.05) is 63.2 Å². The molecule has 0 unspecified atom stereocenters. The second-order valence-electron chi connectivity index (χ2n) is 6.31. The average Bonchev–Trinajstić information content (AvgIpc) is 2.46. The highest BCUT2D eigenvalue weighted by Gasteiger charge is 2.11. The van der Waals surface area contributed by atoms with Gasteiger partial charge in [-0.15, -0.1) is 0 Å². The van der Waals surface area contributed by atoms with E-state index in [1.807, 2.05) is 42.5 Å². The number of hydrogen-bond donors (Lipinski definition) is 2. The minimum absolute atomic E-state index is 0.0779. The molecule has 3 nitrogen and oxygen atoms in total. The summed E-state index contributed by atoms with van der Waals surface area (Å²) in [6, 6.07) is 17.8. The van der Waals surface area contributed by atoms with E-state index in [-0.39, 0.29) is 11.4 Å². The molecular weight excluding hydrogens is 260 g/mol. The Bertz CT molecular complexity index is 583. The molecule has 0 aliphatic heterocycles. The molecule has 110 valence electrons. The van der Waals surface area contributed by atoms with Crippen molar-refractivity contribution in [3.05, 3.63) is 54.6 Å². The summed E-state index contributed by atoms with van der Waals surface area (Å²) < 4.78 is 0. The van der Waals surface area contributed by atoms with Crippen LogP contribution in [0.5, 0.6) is 0 Å². The predicted molar refractivity (Wildman–Crippen MR) is 88.4 cm³/mol. The van der Waals surface area contributed by atoms with E-state index in [2.05, 4.69) is 43.5 Å². The number of nitrogens with one attached hydrogen (secondary N) is 2. The van der Waals surface area contributed by atoms with E-state index < -0.39 is 0 Å². The summed E-state index contributed by atoms with van der Waals surface area (Å²) in [6.07, 6.45) is 0. The smallest absolute Gasteiger partial charge is 0.319 e. The molecule has 0 radical (unpaired) electrons. The molecule has 0 heterocycles. The fraction of sp³-hybridized carbons (Fsp3) is 0.278. The summed E-state index contributed by atoms with van der Waals surface area (Å²) in [6.45, 7) is 6.90. The van der Waals surface area contributed by atoms with Crippen LogP contribution in [0.15, 0.2) is 54.6 Å². The van der Waals surface area contributed by atoms with Gasteiger partial charge in [-0.2, -0.15) is 0 Å². The van der Waals surface area contributed by atoms with Crippen molar-refractivity contribution in [2.75, 3.05) is 11.9 Å². The highest BCUT2D eigenvalue weighted by Crippen LogP contribution is 2.21. The molecule has 0 spiro atoms. The Morgan fingerprint density at radius 3 is 2.05 bits per heavy atom. The highest BCUT2D eigenvalue weighted by atomic mass is 16.2. The quantitative estimate of drug-likeness (QED) is 0.853. The normalized spacial score (nSPS) is 11.0. The van der Waals surface area contributed by atoms with E-state index in [0.29, 0.717) is 6.54 Å². The zero-order chi connectivity index (χ0) is 15.3. The molecule has 0 aliphatic carbocycles. The van der Waals surface area contributed by atoms with Gasteiger partial charge in [0.25, 0.3) is 0 Å². The van der Waals surface area contributed by atoms with Crippen LogP contribution in [0.3, 0.4) is 0 Å². The molecular formula is C18H22N2O. The zero-order valence-electron chi connectivity index (χ0n) is 12.8. The maximum atomic E-state index is 11.8. The third kappa shape index (κ3) is 4.95. The van der Waals surface area contributed by atoms with Crippen molar-refractivity contribution in [1.29, 1.82) is 0 Å². The fourth-order valence-electron chi connectivity index (χ4n) is 1.90. The number of carbonyl (C=O) groups is 1. The maximum absolute atomic E-state index is 11.8. The Balaban J connectivity index is 1.95. The van der Waals surface area contributed by atoms with Crippen molar-refractivity contribution < 1.29 is 4.79 Å². The lowest BCUT2D eigenvalue weighted by molar-refractivity contribution is 0.247. The van der Waals surface area contributed by atoms with Crippen LogP contribution in [0, 0.1) is 5.41 Å². The first-order valence-corrected chi connectivity index (χ1v) is 7.14. The third-order valence-electron chi connectivity index (χ3n) is 3.03. The van der Waals surface area contributed by atoms with E-state index in [0.717, 1.165) is 11.3 Å². The van der Waals surface area contributed by atoms with Gasteiger partial charge in [-0.3, -0.25) is 0 Å². The number of hydrogen-bond acceptors (Lipinski definition) is 1. The lowest BCUT2D eigenvalue weighted by atomic mass is 9.97. The molecule has 0 aliphatic rings. The van der Waals surface area contributed by atoms with Crippen LogP contribution >= 0.6 is 0 Å². The van der Waals surface area contributed by atoms with E-state index in [4.69, 9.17) is 0 Å². The molecule has 0 atom stereocenters. The summed E-state index contributed by atoms with van der Waals surface area (Å²) in [7, 11) is 0. The second kappa shape index (κ2) is 6.44. The van der Waals surface area contributed by atoms with Crippen LogP contribution in [0.25, 0.3) is 11.1 Å². The number of anilines is 1. The zero-order valence-corrected chi connectivity index (χ0v) is 12.8. The van der Waals surface area contributed by atoms with Crippen molar-refractivity contribution in [1.82, 2.24) is 5.32 Å². The van der Waals surface area contributed by atoms with Gasteiger partial charge in [0, 0.05) is 12.2 Å².